The molecule has 3 rings (SSSR count). The van der Waals surface area contributed by atoms with Crippen LogP contribution in [0.25, 0.3) is 11.5 Å². The summed E-state index contributed by atoms with van der Waals surface area (Å²) >= 11 is 0. The Kier molecular flexibility index (Phi) is 3.89. The van der Waals surface area contributed by atoms with Crippen molar-refractivity contribution < 1.29 is 9.32 Å². The summed E-state index contributed by atoms with van der Waals surface area (Å²) in [5.41, 5.74) is 0.588. The number of nitrogens with zero attached hydrogens (tertiary/aromatic N) is 5. The van der Waals surface area contributed by atoms with Gasteiger partial charge in [-0.2, -0.15) is 10.1 Å². The molecule has 1 atom stereocenters. The van der Waals surface area contributed by atoms with Crippen molar-refractivity contribution in [3.63, 3.8) is 0 Å². The van der Waals surface area contributed by atoms with Crippen LogP contribution in [0.2, 0.25) is 0 Å². The Morgan fingerprint density at radius 3 is 3.19 bits per heavy atom. The highest BCUT2D eigenvalue weighted by atomic mass is 16.5. The van der Waals surface area contributed by atoms with E-state index < -0.39 is 0 Å². The van der Waals surface area contributed by atoms with Crippen LogP contribution in [-0.2, 0) is 4.79 Å². The second kappa shape index (κ2) is 5.99. The van der Waals surface area contributed by atoms with Gasteiger partial charge < -0.3 is 9.42 Å². The van der Waals surface area contributed by atoms with Crippen molar-refractivity contribution in [2.45, 2.75) is 32.1 Å². The third-order valence-corrected chi connectivity index (χ3v) is 3.67. The molecule has 110 valence electrons. The molecule has 1 saturated heterocycles. The molecule has 1 unspecified atom stereocenters. The SMILES string of the molecule is CCC(=O)N1CCCC(c2nc(-c3cccnn3)no2)C1. The van der Waals surface area contributed by atoms with Gasteiger partial charge in [0.25, 0.3) is 0 Å². The van der Waals surface area contributed by atoms with Gasteiger partial charge in [-0.1, -0.05) is 12.1 Å². The molecule has 0 spiro atoms. The van der Waals surface area contributed by atoms with E-state index in [0.29, 0.717) is 30.4 Å². The second-order valence-electron chi connectivity index (χ2n) is 5.10. The van der Waals surface area contributed by atoms with Crippen LogP contribution in [0.3, 0.4) is 0 Å². The van der Waals surface area contributed by atoms with Gasteiger partial charge >= 0.3 is 0 Å². The standard InChI is InChI=1S/C14H17N5O2/c1-2-12(20)19-8-4-5-10(9-19)14-16-13(18-21-14)11-6-3-7-15-17-11/h3,6-7,10H,2,4-5,8-9H2,1H3. The van der Waals surface area contributed by atoms with E-state index in [9.17, 15) is 4.79 Å². The first kappa shape index (κ1) is 13.7. The minimum atomic E-state index is 0.104. The zero-order valence-electron chi connectivity index (χ0n) is 11.9. The number of rotatable bonds is 3. The molecule has 1 fully saturated rings. The van der Waals surface area contributed by atoms with E-state index >= 15 is 0 Å². The molecule has 0 aliphatic carbocycles. The van der Waals surface area contributed by atoms with E-state index in [1.54, 1.807) is 18.3 Å². The quantitative estimate of drug-likeness (QED) is 0.853. The van der Waals surface area contributed by atoms with Gasteiger partial charge in [-0.25, -0.2) is 0 Å². The molecule has 0 aromatic carbocycles. The fraction of sp³-hybridized carbons (Fsp3) is 0.500. The van der Waals surface area contributed by atoms with Crippen molar-refractivity contribution in [1.29, 1.82) is 0 Å². The summed E-state index contributed by atoms with van der Waals surface area (Å²) < 4.78 is 5.35. The number of hydrogen-bond acceptors (Lipinski definition) is 6. The maximum absolute atomic E-state index is 11.8. The first-order chi connectivity index (χ1) is 10.3. The van der Waals surface area contributed by atoms with Crippen molar-refractivity contribution in [2.75, 3.05) is 13.1 Å². The van der Waals surface area contributed by atoms with Gasteiger partial charge in [-0.05, 0) is 25.0 Å². The summed E-state index contributed by atoms with van der Waals surface area (Å²) in [7, 11) is 0. The van der Waals surface area contributed by atoms with Crippen LogP contribution >= 0.6 is 0 Å². The number of carbonyl (C=O) groups is 1. The number of hydrogen-bond donors (Lipinski definition) is 0. The number of piperidine rings is 1. The van der Waals surface area contributed by atoms with E-state index in [4.69, 9.17) is 4.52 Å². The number of aromatic nitrogens is 4. The summed E-state index contributed by atoms with van der Waals surface area (Å²) in [6.45, 7) is 3.34. The van der Waals surface area contributed by atoms with Gasteiger partial charge in [0.2, 0.25) is 17.6 Å². The first-order valence-electron chi connectivity index (χ1n) is 7.17. The van der Waals surface area contributed by atoms with Gasteiger partial charge in [0, 0.05) is 25.7 Å². The summed E-state index contributed by atoms with van der Waals surface area (Å²) in [4.78, 5) is 18.1. The Labute approximate surface area is 122 Å². The normalized spacial score (nSPS) is 18.7. The van der Waals surface area contributed by atoms with Crippen LogP contribution in [-0.4, -0.2) is 44.2 Å². The van der Waals surface area contributed by atoms with E-state index in [-0.39, 0.29) is 11.8 Å². The number of likely N-dealkylation sites (tertiary alicyclic amines) is 1. The molecule has 21 heavy (non-hydrogen) atoms. The van der Waals surface area contributed by atoms with E-state index in [1.165, 1.54) is 0 Å². The summed E-state index contributed by atoms with van der Waals surface area (Å²) in [6, 6.07) is 3.57. The lowest BCUT2D eigenvalue weighted by atomic mass is 9.98. The molecule has 7 heteroatoms. The van der Waals surface area contributed by atoms with Crippen molar-refractivity contribution in [1.82, 2.24) is 25.2 Å². The van der Waals surface area contributed by atoms with Crippen molar-refractivity contribution >= 4 is 5.91 Å². The van der Waals surface area contributed by atoms with Crippen molar-refractivity contribution in [3.05, 3.63) is 24.2 Å². The third-order valence-electron chi connectivity index (χ3n) is 3.67. The monoisotopic (exact) mass is 287 g/mol. The molecule has 1 aliphatic rings. The Morgan fingerprint density at radius 2 is 2.43 bits per heavy atom. The van der Waals surface area contributed by atoms with Crippen molar-refractivity contribution in [3.8, 4) is 11.5 Å². The maximum atomic E-state index is 11.8. The van der Waals surface area contributed by atoms with Crippen LogP contribution in [0.5, 0.6) is 0 Å². The predicted octanol–water partition coefficient (Wildman–Crippen LogP) is 1.64. The highest BCUT2D eigenvalue weighted by Gasteiger charge is 2.28. The smallest absolute Gasteiger partial charge is 0.231 e. The topological polar surface area (TPSA) is 85.0 Å². The van der Waals surface area contributed by atoms with Crippen molar-refractivity contribution in [2.24, 2.45) is 0 Å². The molecule has 1 aliphatic heterocycles. The van der Waals surface area contributed by atoms with Crippen LogP contribution < -0.4 is 0 Å². The largest absolute Gasteiger partial charge is 0.342 e. The number of amides is 1. The molecule has 0 bridgehead atoms. The zero-order chi connectivity index (χ0) is 14.7. The molecule has 3 heterocycles. The lowest BCUT2D eigenvalue weighted by Gasteiger charge is -2.30. The molecular formula is C14H17N5O2. The van der Waals surface area contributed by atoms with Gasteiger partial charge in [0.15, 0.2) is 0 Å². The lowest BCUT2D eigenvalue weighted by Crippen LogP contribution is -2.38. The zero-order valence-corrected chi connectivity index (χ0v) is 11.9. The van der Waals surface area contributed by atoms with Gasteiger partial charge in [0.1, 0.15) is 5.69 Å². The number of carbonyl (C=O) groups excluding carboxylic acids is 1. The Morgan fingerprint density at radius 1 is 1.52 bits per heavy atom. The summed E-state index contributed by atoms with van der Waals surface area (Å²) in [5, 5.41) is 11.7. The second-order valence-corrected chi connectivity index (χ2v) is 5.10. The molecule has 2 aromatic heterocycles. The average Bonchev–Trinajstić information content (AvgIpc) is 3.05. The van der Waals surface area contributed by atoms with Crippen LogP contribution in [0, 0.1) is 0 Å². The average molecular weight is 287 g/mol. The summed E-state index contributed by atoms with van der Waals surface area (Å²) in [6.07, 6.45) is 4.04. The van der Waals surface area contributed by atoms with E-state index in [0.717, 1.165) is 19.4 Å². The fourth-order valence-corrected chi connectivity index (χ4v) is 2.55. The molecule has 0 saturated carbocycles. The maximum Gasteiger partial charge on any atom is 0.231 e. The van der Waals surface area contributed by atoms with Crippen LogP contribution in [0.4, 0.5) is 0 Å². The minimum absolute atomic E-state index is 0.104. The van der Waals surface area contributed by atoms with Crippen LogP contribution in [0.15, 0.2) is 22.9 Å². The summed E-state index contributed by atoms with van der Waals surface area (Å²) in [5.74, 6) is 1.29. The van der Waals surface area contributed by atoms with Gasteiger partial charge in [-0.15, -0.1) is 5.10 Å². The lowest BCUT2D eigenvalue weighted by molar-refractivity contribution is -0.132. The molecule has 0 radical (unpaired) electrons. The van der Waals surface area contributed by atoms with Gasteiger partial charge in [-0.3, -0.25) is 4.79 Å². The first-order valence-corrected chi connectivity index (χ1v) is 7.17. The molecule has 1 amide bonds. The van der Waals surface area contributed by atoms with E-state index in [1.807, 2.05) is 11.8 Å². The molecular weight excluding hydrogens is 270 g/mol. The van der Waals surface area contributed by atoms with Crippen LogP contribution in [0.1, 0.15) is 38.0 Å². The molecule has 7 nitrogen and oxygen atoms in total. The third kappa shape index (κ3) is 2.91. The Bertz CT molecular complexity index is 613. The Balaban J connectivity index is 1.75. The Hall–Kier alpha value is -2.31. The van der Waals surface area contributed by atoms with Gasteiger partial charge in [0.05, 0.1) is 5.92 Å². The molecule has 0 N–H and O–H groups in total. The fourth-order valence-electron chi connectivity index (χ4n) is 2.55. The highest BCUT2D eigenvalue weighted by Crippen LogP contribution is 2.27. The van der Waals surface area contributed by atoms with E-state index in [2.05, 4.69) is 20.3 Å². The minimum Gasteiger partial charge on any atom is -0.342 e. The molecule has 2 aromatic rings. The highest BCUT2D eigenvalue weighted by molar-refractivity contribution is 5.75. The predicted molar refractivity (Wildman–Crippen MR) is 74.2 cm³/mol.